The minimum absolute atomic E-state index is 0.0631. The maximum absolute atomic E-state index is 13.5. The van der Waals surface area contributed by atoms with Crippen LogP contribution in [0.5, 0.6) is 0 Å². The predicted molar refractivity (Wildman–Crippen MR) is 107 cm³/mol. The van der Waals surface area contributed by atoms with Crippen molar-refractivity contribution in [3.05, 3.63) is 0 Å². The van der Waals surface area contributed by atoms with Crippen molar-refractivity contribution in [2.75, 3.05) is 0 Å². The molecule has 0 aromatic carbocycles. The summed E-state index contributed by atoms with van der Waals surface area (Å²) in [5.41, 5.74) is -1.85. The van der Waals surface area contributed by atoms with Gasteiger partial charge in [0.15, 0.2) is 0 Å². The maximum Gasteiger partial charge on any atom is 0.312 e. The van der Waals surface area contributed by atoms with Gasteiger partial charge in [0, 0.05) is 6.42 Å². The number of esters is 1. The zero-order valence-corrected chi connectivity index (χ0v) is 18.4. The van der Waals surface area contributed by atoms with Crippen LogP contribution in [0.4, 0.5) is 0 Å². The van der Waals surface area contributed by atoms with Gasteiger partial charge in [0.25, 0.3) is 0 Å². The Bertz CT molecular complexity index is 516. The molecule has 2 saturated carbocycles. The summed E-state index contributed by atoms with van der Waals surface area (Å²) >= 11 is 0. The molecule has 0 heterocycles. The van der Waals surface area contributed by atoms with Gasteiger partial charge in [0.2, 0.25) is 0 Å². The molecular weight excluding hydrogens is 324 g/mol. The minimum atomic E-state index is -0.681. The molecule has 2 fully saturated rings. The number of carbonyl (C=O) groups excluding carboxylic acids is 1. The second-order valence-corrected chi connectivity index (χ2v) is 11.3. The van der Waals surface area contributed by atoms with Gasteiger partial charge in [-0.05, 0) is 68.6 Å². The summed E-state index contributed by atoms with van der Waals surface area (Å²) < 4.78 is 6.41. The Morgan fingerprint density at radius 3 is 2.31 bits per heavy atom. The van der Waals surface area contributed by atoms with Crippen LogP contribution >= 0.6 is 0 Å². The average molecular weight is 367 g/mol. The Morgan fingerprint density at radius 2 is 1.81 bits per heavy atom. The second-order valence-electron chi connectivity index (χ2n) is 11.3. The third kappa shape index (κ3) is 4.29. The first-order valence-electron chi connectivity index (χ1n) is 10.7. The van der Waals surface area contributed by atoms with E-state index in [0.29, 0.717) is 24.2 Å². The lowest BCUT2D eigenvalue weighted by molar-refractivity contribution is -0.207. The van der Waals surface area contributed by atoms with Gasteiger partial charge in [-0.25, -0.2) is 0 Å². The van der Waals surface area contributed by atoms with Crippen molar-refractivity contribution in [1.82, 2.24) is 0 Å². The number of hydrogen-bond acceptors (Lipinski definition) is 3. The third-order valence-corrected chi connectivity index (χ3v) is 7.33. The van der Waals surface area contributed by atoms with Gasteiger partial charge in [-0.3, -0.25) is 4.79 Å². The fourth-order valence-electron chi connectivity index (χ4n) is 5.70. The molecule has 0 amide bonds. The Kier molecular flexibility index (Phi) is 5.94. The molecule has 0 aromatic heterocycles. The predicted octanol–water partition coefficient (Wildman–Crippen LogP) is 5.74. The molecule has 0 spiro atoms. The van der Waals surface area contributed by atoms with Crippen LogP contribution in [0.1, 0.15) is 100 Å². The molecule has 2 bridgehead atoms. The van der Waals surface area contributed by atoms with Gasteiger partial charge in [-0.2, -0.15) is 0 Å². The van der Waals surface area contributed by atoms with Crippen LogP contribution in [0.2, 0.25) is 0 Å². The molecular formula is C23H42O3. The highest BCUT2D eigenvalue weighted by Crippen LogP contribution is 2.53. The number of ether oxygens (including phenoxy) is 1. The van der Waals surface area contributed by atoms with Crippen molar-refractivity contribution >= 4 is 5.97 Å². The zero-order valence-electron chi connectivity index (χ0n) is 18.4. The van der Waals surface area contributed by atoms with E-state index in [9.17, 15) is 9.90 Å². The molecule has 2 aliphatic rings. The fourth-order valence-corrected chi connectivity index (χ4v) is 5.70. The first kappa shape index (κ1) is 21.7. The molecule has 26 heavy (non-hydrogen) atoms. The van der Waals surface area contributed by atoms with E-state index in [1.807, 2.05) is 0 Å². The van der Waals surface area contributed by atoms with E-state index in [2.05, 4.69) is 55.4 Å². The molecule has 5 unspecified atom stereocenters. The van der Waals surface area contributed by atoms with Gasteiger partial charge in [-0.15, -0.1) is 0 Å². The number of hydrogen-bond donors (Lipinski definition) is 1. The molecule has 152 valence electrons. The largest absolute Gasteiger partial charge is 0.459 e. The lowest BCUT2D eigenvalue weighted by Gasteiger charge is -2.54. The summed E-state index contributed by atoms with van der Waals surface area (Å²) in [6.45, 7) is 17.2. The van der Waals surface area contributed by atoms with Gasteiger partial charge >= 0.3 is 5.97 Å². The maximum atomic E-state index is 13.5. The number of fused-ring (bicyclic) bond motifs is 2. The Balaban J connectivity index is 2.31. The van der Waals surface area contributed by atoms with E-state index in [-0.39, 0.29) is 11.4 Å². The molecule has 2 rings (SSSR count). The van der Waals surface area contributed by atoms with Crippen LogP contribution in [0.3, 0.4) is 0 Å². The molecule has 2 aliphatic carbocycles. The summed E-state index contributed by atoms with van der Waals surface area (Å²) in [6, 6.07) is 0. The van der Waals surface area contributed by atoms with Crippen molar-refractivity contribution in [2.24, 2.45) is 28.6 Å². The lowest BCUT2D eigenvalue weighted by atomic mass is 9.59. The summed E-state index contributed by atoms with van der Waals surface area (Å²) in [7, 11) is 0. The van der Waals surface area contributed by atoms with Gasteiger partial charge < -0.3 is 9.84 Å². The highest BCUT2D eigenvalue weighted by atomic mass is 16.6. The highest BCUT2D eigenvalue weighted by molar-refractivity contribution is 5.78. The first-order chi connectivity index (χ1) is 11.7. The minimum Gasteiger partial charge on any atom is -0.459 e. The Labute approximate surface area is 161 Å². The molecule has 3 heteroatoms. The number of aliphatic hydroxyl groups is 1. The summed E-state index contributed by atoms with van der Waals surface area (Å²) in [6.07, 6.45) is 5.97. The monoisotopic (exact) mass is 366 g/mol. The highest BCUT2D eigenvalue weighted by Gasteiger charge is 2.55. The number of rotatable bonds is 5. The fraction of sp³-hybridized carbons (Fsp3) is 0.957. The van der Waals surface area contributed by atoms with Crippen molar-refractivity contribution < 1.29 is 14.6 Å². The molecule has 0 saturated heterocycles. The van der Waals surface area contributed by atoms with Crippen LogP contribution < -0.4 is 0 Å². The summed E-state index contributed by atoms with van der Waals surface area (Å²) in [4.78, 5) is 13.5. The van der Waals surface area contributed by atoms with E-state index < -0.39 is 16.6 Å². The van der Waals surface area contributed by atoms with E-state index in [4.69, 9.17) is 4.74 Å². The van der Waals surface area contributed by atoms with Crippen LogP contribution in [0, 0.1) is 28.6 Å². The molecule has 5 atom stereocenters. The van der Waals surface area contributed by atoms with E-state index in [0.717, 1.165) is 38.5 Å². The van der Waals surface area contributed by atoms with Crippen LogP contribution in [0.25, 0.3) is 0 Å². The van der Waals surface area contributed by atoms with Gasteiger partial charge in [-0.1, -0.05) is 48.5 Å². The summed E-state index contributed by atoms with van der Waals surface area (Å²) in [5.74, 6) is 1.39. The molecule has 0 aromatic rings. The van der Waals surface area contributed by atoms with Crippen molar-refractivity contribution in [3.8, 4) is 0 Å². The average Bonchev–Trinajstić information content (AvgIpc) is 2.43. The van der Waals surface area contributed by atoms with Gasteiger partial charge in [0.1, 0.15) is 5.60 Å². The lowest BCUT2D eigenvalue weighted by Crippen LogP contribution is -2.56. The second kappa shape index (κ2) is 7.11. The Morgan fingerprint density at radius 1 is 1.19 bits per heavy atom. The Hall–Kier alpha value is -0.570. The van der Waals surface area contributed by atoms with E-state index in [1.165, 1.54) is 0 Å². The standard InChI is InChI=1S/C23H42O3/c1-9-22(25)13-18-10-17(4)12-23(14-18,15-22)26-19(24)21(8,11-16(2)3)20(5,6)7/h16-18,25H,9-15H2,1-8H3. The van der Waals surface area contributed by atoms with Crippen LogP contribution in [-0.4, -0.2) is 22.3 Å². The molecule has 0 radical (unpaired) electrons. The first-order valence-corrected chi connectivity index (χ1v) is 10.7. The van der Waals surface area contributed by atoms with Crippen LogP contribution in [-0.2, 0) is 9.53 Å². The zero-order chi connectivity index (χ0) is 20.0. The smallest absolute Gasteiger partial charge is 0.312 e. The van der Waals surface area contributed by atoms with Crippen molar-refractivity contribution in [2.45, 2.75) is 112 Å². The normalized spacial score (nSPS) is 37.3. The molecule has 0 aliphatic heterocycles. The van der Waals surface area contributed by atoms with E-state index in [1.54, 1.807) is 0 Å². The molecule has 1 N–H and O–H groups in total. The van der Waals surface area contributed by atoms with Crippen molar-refractivity contribution in [1.29, 1.82) is 0 Å². The topological polar surface area (TPSA) is 46.5 Å². The van der Waals surface area contributed by atoms with Crippen LogP contribution in [0.15, 0.2) is 0 Å². The van der Waals surface area contributed by atoms with Gasteiger partial charge in [0.05, 0.1) is 11.0 Å². The third-order valence-electron chi connectivity index (χ3n) is 7.33. The van der Waals surface area contributed by atoms with E-state index >= 15 is 0 Å². The summed E-state index contributed by atoms with van der Waals surface area (Å²) in [5, 5.41) is 11.1. The van der Waals surface area contributed by atoms with Crippen molar-refractivity contribution in [3.63, 3.8) is 0 Å². The number of carbonyl (C=O) groups is 1. The SMILES string of the molecule is CCC1(O)CC2CC(C)CC(OC(=O)C(C)(CC(C)C)C(C)(C)C)(C2)C1. The molecule has 3 nitrogen and oxygen atoms in total. The quantitative estimate of drug-likeness (QED) is 0.631.